The van der Waals surface area contributed by atoms with Crippen LogP contribution < -0.4 is 0 Å². The van der Waals surface area contributed by atoms with Crippen molar-refractivity contribution in [3.8, 4) is 0 Å². The highest BCUT2D eigenvalue weighted by Gasteiger charge is 2.17. The summed E-state index contributed by atoms with van der Waals surface area (Å²) in [4.78, 5) is 0. The van der Waals surface area contributed by atoms with Gasteiger partial charge in [-0.15, -0.1) is 0 Å². The van der Waals surface area contributed by atoms with E-state index in [1.54, 1.807) is 0 Å². The van der Waals surface area contributed by atoms with Crippen molar-refractivity contribution in [1.29, 1.82) is 0 Å². The van der Waals surface area contributed by atoms with Crippen LogP contribution in [-0.4, -0.2) is 19.5 Å². The number of ether oxygens (including phenoxy) is 2. The van der Waals surface area contributed by atoms with Crippen LogP contribution >= 0.6 is 0 Å². The highest BCUT2D eigenvalue weighted by atomic mass is 16.7. The molecule has 1 atom stereocenters. The van der Waals surface area contributed by atoms with Crippen LogP contribution in [0.5, 0.6) is 0 Å². The Balaban J connectivity index is 2.11. The van der Waals surface area contributed by atoms with Crippen LogP contribution in [0.25, 0.3) is 0 Å². The van der Waals surface area contributed by atoms with E-state index in [4.69, 9.17) is 9.47 Å². The number of hydrogen-bond donors (Lipinski definition) is 0. The third kappa shape index (κ3) is 2.27. The van der Waals surface area contributed by atoms with Gasteiger partial charge in [-0.1, -0.05) is 20.3 Å². The van der Waals surface area contributed by atoms with Gasteiger partial charge < -0.3 is 9.47 Å². The zero-order valence-electron chi connectivity index (χ0n) is 6.80. The average molecular weight is 144 g/mol. The van der Waals surface area contributed by atoms with Crippen LogP contribution in [0, 0.1) is 5.92 Å². The van der Waals surface area contributed by atoms with Crippen molar-refractivity contribution in [2.45, 2.75) is 33.0 Å². The smallest absolute Gasteiger partial charge is 0.158 e. The van der Waals surface area contributed by atoms with Gasteiger partial charge in [0.1, 0.15) is 0 Å². The molecule has 0 saturated carbocycles. The molecule has 1 aliphatic heterocycles. The second-order valence-electron chi connectivity index (χ2n) is 2.92. The minimum Gasteiger partial charge on any atom is -0.350 e. The molecule has 0 aromatic carbocycles. The predicted octanol–water partition coefficient (Wildman–Crippen LogP) is 1.80. The lowest BCUT2D eigenvalue weighted by Gasteiger charge is -2.12. The van der Waals surface area contributed by atoms with Crippen molar-refractivity contribution in [2.75, 3.05) is 13.2 Å². The van der Waals surface area contributed by atoms with Gasteiger partial charge in [0.2, 0.25) is 0 Å². The van der Waals surface area contributed by atoms with Crippen LogP contribution in [0.15, 0.2) is 0 Å². The molecule has 0 N–H and O–H groups in total. The lowest BCUT2D eigenvalue weighted by molar-refractivity contribution is -0.0557. The highest BCUT2D eigenvalue weighted by molar-refractivity contribution is 4.57. The maximum absolute atomic E-state index is 5.30. The molecule has 1 heterocycles. The minimum atomic E-state index is 0.0925. The van der Waals surface area contributed by atoms with Gasteiger partial charge in [0.15, 0.2) is 6.29 Å². The average Bonchev–Trinajstić information content (AvgIpc) is 2.40. The molecule has 60 valence electrons. The number of hydrogen-bond acceptors (Lipinski definition) is 2. The molecule has 1 unspecified atom stereocenters. The fourth-order valence-corrected chi connectivity index (χ4v) is 1.04. The van der Waals surface area contributed by atoms with Gasteiger partial charge in [-0.25, -0.2) is 0 Å². The Morgan fingerprint density at radius 3 is 2.50 bits per heavy atom. The van der Waals surface area contributed by atoms with Crippen molar-refractivity contribution >= 4 is 0 Å². The molecule has 1 rings (SSSR count). The van der Waals surface area contributed by atoms with E-state index in [-0.39, 0.29) is 6.29 Å². The summed E-state index contributed by atoms with van der Waals surface area (Å²) in [5.41, 5.74) is 0. The van der Waals surface area contributed by atoms with Crippen LogP contribution in [0.3, 0.4) is 0 Å². The fourth-order valence-electron chi connectivity index (χ4n) is 1.04. The van der Waals surface area contributed by atoms with E-state index in [1.807, 2.05) is 0 Å². The number of rotatable bonds is 3. The van der Waals surface area contributed by atoms with Crippen molar-refractivity contribution in [2.24, 2.45) is 5.92 Å². The standard InChI is InChI=1S/C8H16O2/c1-3-7(2)6-8-9-4-5-10-8/h7-8H,3-6H2,1-2H3. The summed E-state index contributed by atoms with van der Waals surface area (Å²) in [6, 6.07) is 0. The molecule has 0 aromatic rings. The predicted molar refractivity (Wildman–Crippen MR) is 39.8 cm³/mol. The normalized spacial score (nSPS) is 23.4. The molecule has 2 heteroatoms. The van der Waals surface area contributed by atoms with E-state index in [1.165, 1.54) is 6.42 Å². The first-order valence-electron chi connectivity index (χ1n) is 4.06. The van der Waals surface area contributed by atoms with Gasteiger partial charge in [-0.05, 0) is 5.92 Å². The third-order valence-electron chi connectivity index (χ3n) is 1.98. The molecule has 10 heavy (non-hydrogen) atoms. The summed E-state index contributed by atoms with van der Waals surface area (Å²) in [6.07, 6.45) is 2.36. The van der Waals surface area contributed by atoms with E-state index in [0.29, 0.717) is 0 Å². The lowest BCUT2D eigenvalue weighted by atomic mass is 10.1. The zero-order valence-corrected chi connectivity index (χ0v) is 6.80. The van der Waals surface area contributed by atoms with E-state index in [2.05, 4.69) is 13.8 Å². The van der Waals surface area contributed by atoms with E-state index < -0.39 is 0 Å². The molecule has 2 nitrogen and oxygen atoms in total. The Morgan fingerprint density at radius 1 is 1.40 bits per heavy atom. The fraction of sp³-hybridized carbons (Fsp3) is 1.00. The van der Waals surface area contributed by atoms with Gasteiger partial charge in [0, 0.05) is 6.42 Å². The molecule has 1 fully saturated rings. The molecule has 0 radical (unpaired) electrons. The quantitative estimate of drug-likeness (QED) is 0.601. The molecule has 1 aliphatic rings. The maximum Gasteiger partial charge on any atom is 0.158 e. The first-order valence-corrected chi connectivity index (χ1v) is 4.06. The molecule has 0 aromatic heterocycles. The van der Waals surface area contributed by atoms with Gasteiger partial charge >= 0.3 is 0 Å². The largest absolute Gasteiger partial charge is 0.350 e. The van der Waals surface area contributed by atoms with Crippen LogP contribution in [-0.2, 0) is 9.47 Å². The molecule has 0 aliphatic carbocycles. The first kappa shape index (κ1) is 8.02. The molecule has 1 saturated heterocycles. The third-order valence-corrected chi connectivity index (χ3v) is 1.98. The summed E-state index contributed by atoms with van der Waals surface area (Å²) in [6.45, 7) is 5.98. The Morgan fingerprint density at radius 2 is 2.00 bits per heavy atom. The van der Waals surface area contributed by atoms with Gasteiger partial charge in [-0.3, -0.25) is 0 Å². The highest BCUT2D eigenvalue weighted by Crippen LogP contribution is 2.16. The Kier molecular flexibility index (Phi) is 3.16. The Labute approximate surface area is 62.5 Å². The van der Waals surface area contributed by atoms with Crippen molar-refractivity contribution < 1.29 is 9.47 Å². The maximum atomic E-state index is 5.30. The molecule has 0 amide bonds. The SMILES string of the molecule is CCC(C)CC1OCCO1. The van der Waals surface area contributed by atoms with Crippen molar-refractivity contribution in [3.05, 3.63) is 0 Å². The topological polar surface area (TPSA) is 18.5 Å². The van der Waals surface area contributed by atoms with Gasteiger partial charge in [-0.2, -0.15) is 0 Å². The van der Waals surface area contributed by atoms with Crippen LogP contribution in [0.4, 0.5) is 0 Å². The summed E-state index contributed by atoms with van der Waals surface area (Å²) in [5.74, 6) is 0.725. The summed E-state index contributed by atoms with van der Waals surface area (Å²) < 4.78 is 10.6. The molecular formula is C8H16O2. The van der Waals surface area contributed by atoms with E-state index in [9.17, 15) is 0 Å². The second kappa shape index (κ2) is 3.94. The van der Waals surface area contributed by atoms with Crippen molar-refractivity contribution in [3.63, 3.8) is 0 Å². The second-order valence-corrected chi connectivity index (χ2v) is 2.92. The summed E-state index contributed by atoms with van der Waals surface area (Å²) in [7, 11) is 0. The summed E-state index contributed by atoms with van der Waals surface area (Å²) >= 11 is 0. The minimum absolute atomic E-state index is 0.0925. The lowest BCUT2D eigenvalue weighted by Crippen LogP contribution is -2.11. The Bertz CT molecular complexity index is 87.3. The molecule has 0 bridgehead atoms. The Hall–Kier alpha value is -0.0800. The molecular weight excluding hydrogens is 128 g/mol. The monoisotopic (exact) mass is 144 g/mol. The zero-order chi connectivity index (χ0) is 7.40. The van der Waals surface area contributed by atoms with Crippen LogP contribution in [0.2, 0.25) is 0 Å². The van der Waals surface area contributed by atoms with Crippen LogP contribution in [0.1, 0.15) is 26.7 Å². The van der Waals surface area contributed by atoms with Crippen molar-refractivity contribution in [1.82, 2.24) is 0 Å². The van der Waals surface area contributed by atoms with Gasteiger partial charge in [0.05, 0.1) is 13.2 Å². The van der Waals surface area contributed by atoms with E-state index >= 15 is 0 Å². The van der Waals surface area contributed by atoms with E-state index in [0.717, 1.165) is 25.6 Å². The first-order chi connectivity index (χ1) is 4.83. The molecule has 0 spiro atoms. The summed E-state index contributed by atoms with van der Waals surface area (Å²) in [5, 5.41) is 0. The van der Waals surface area contributed by atoms with Gasteiger partial charge in [0.25, 0.3) is 0 Å².